The Hall–Kier alpha value is -1.18. The molecule has 1 fully saturated rings. The second-order valence-corrected chi connectivity index (χ2v) is 7.68. The Labute approximate surface area is 125 Å². The average molecular weight is 315 g/mol. The van der Waals surface area contributed by atoms with Crippen LogP contribution in [-0.4, -0.2) is 50.8 Å². The van der Waals surface area contributed by atoms with Crippen LogP contribution in [0, 0.1) is 12.7 Å². The maximum atomic E-state index is 13.4. The van der Waals surface area contributed by atoms with E-state index in [0.29, 0.717) is 12.1 Å². The molecule has 1 heterocycles. The number of nitrogen functional groups attached to an aromatic ring is 1. The monoisotopic (exact) mass is 315 g/mol. The lowest BCUT2D eigenvalue weighted by Crippen LogP contribution is -2.47. The van der Waals surface area contributed by atoms with Gasteiger partial charge in [-0.3, -0.25) is 0 Å². The second-order valence-electron chi connectivity index (χ2n) is 5.72. The first-order valence-electron chi connectivity index (χ1n) is 6.95. The third-order valence-electron chi connectivity index (χ3n) is 4.07. The number of anilines is 1. The topological polar surface area (TPSA) is 66.6 Å². The van der Waals surface area contributed by atoms with E-state index in [4.69, 9.17) is 5.73 Å². The van der Waals surface area contributed by atoms with Crippen molar-refractivity contribution in [2.45, 2.75) is 30.7 Å². The highest BCUT2D eigenvalue weighted by atomic mass is 32.2. The van der Waals surface area contributed by atoms with Crippen LogP contribution < -0.4 is 5.73 Å². The number of halogens is 1. The van der Waals surface area contributed by atoms with Gasteiger partial charge in [0.05, 0.1) is 10.6 Å². The van der Waals surface area contributed by atoms with E-state index in [1.807, 2.05) is 7.05 Å². The van der Waals surface area contributed by atoms with Gasteiger partial charge in [0.25, 0.3) is 0 Å². The zero-order chi connectivity index (χ0) is 15.8. The third-order valence-corrected chi connectivity index (χ3v) is 6.12. The highest BCUT2D eigenvalue weighted by Crippen LogP contribution is 2.27. The molecule has 0 bridgehead atoms. The molecule has 2 N–H and O–H groups in total. The molecule has 1 saturated heterocycles. The van der Waals surface area contributed by atoms with E-state index in [1.165, 1.54) is 16.4 Å². The molecule has 0 saturated carbocycles. The fourth-order valence-electron chi connectivity index (χ4n) is 2.73. The lowest BCUT2D eigenvalue weighted by molar-refractivity contribution is 0.187. The Bertz CT molecular complexity index is 633. The van der Waals surface area contributed by atoms with Crippen molar-refractivity contribution in [1.29, 1.82) is 0 Å². The zero-order valence-corrected chi connectivity index (χ0v) is 13.5. The number of rotatable bonds is 3. The van der Waals surface area contributed by atoms with E-state index in [1.54, 1.807) is 14.0 Å². The summed E-state index contributed by atoms with van der Waals surface area (Å²) in [5.74, 6) is -0.591. The van der Waals surface area contributed by atoms with Gasteiger partial charge in [0.1, 0.15) is 5.82 Å². The molecule has 1 atom stereocenters. The number of aryl methyl sites for hydroxylation is 1. The number of nitrogens with zero attached hydrogens (tertiary/aromatic N) is 2. The summed E-state index contributed by atoms with van der Waals surface area (Å²) in [6, 6.07) is 2.31. The summed E-state index contributed by atoms with van der Waals surface area (Å²) in [6.07, 6.45) is 1.79. The fraction of sp³-hybridized carbons (Fsp3) is 0.571. The van der Waals surface area contributed by atoms with Crippen molar-refractivity contribution in [3.63, 3.8) is 0 Å². The number of sulfonamides is 1. The Morgan fingerprint density at radius 3 is 2.71 bits per heavy atom. The van der Waals surface area contributed by atoms with Crippen LogP contribution in [0.2, 0.25) is 0 Å². The number of piperidine rings is 1. The first kappa shape index (κ1) is 16.2. The van der Waals surface area contributed by atoms with Crippen molar-refractivity contribution in [3.05, 3.63) is 23.5 Å². The molecule has 0 aromatic heterocycles. The number of hydrogen-bond donors (Lipinski definition) is 1. The molecule has 0 aliphatic carbocycles. The minimum absolute atomic E-state index is 0.0700. The molecule has 0 spiro atoms. The number of likely N-dealkylation sites (tertiary alicyclic amines) is 1. The van der Waals surface area contributed by atoms with E-state index in [-0.39, 0.29) is 16.6 Å². The summed E-state index contributed by atoms with van der Waals surface area (Å²) < 4.78 is 40.3. The Morgan fingerprint density at radius 2 is 2.10 bits per heavy atom. The van der Waals surface area contributed by atoms with Gasteiger partial charge in [-0.1, -0.05) is 0 Å². The molecule has 1 unspecified atom stereocenters. The Kier molecular flexibility index (Phi) is 4.55. The predicted octanol–water partition coefficient (Wildman–Crippen LogP) is 1.43. The third kappa shape index (κ3) is 3.20. The molecule has 118 valence electrons. The Morgan fingerprint density at radius 1 is 1.43 bits per heavy atom. The summed E-state index contributed by atoms with van der Waals surface area (Å²) in [4.78, 5) is 2.20. The lowest BCUT2D eigenvalue weighted by atomic mass is 10.1. The van der Waals surface area contributed by atoms with Crippen LogP contribution in [0.25, 0.3) is 0 Å². The quantitative estimate of drug-likeness (QED) is 0.857. The zero-order valence-electron chi connectivity index (χ0n) is 12.6. The van der Waals surface area contributed by atoms with Crippen LogP contribution in [-0.2, 0) is 10.0 Å². The first-order valence-corrected chi connectivity index (χ1v) is 8.39. The van der Waals surface area contributed by atoms with Crippen molar-refractivity contribution >= 4 is 15.7 Å². The van der Waals surface area contributed by atoms with E-state index < -0.39 is 15.8 Å². The molecular weight excluding hydrogens is 293 g/mol. The minimum Gasteiger partial charge on any atom is -0.396 e. The van der Waals surface area contributed by atoms with Crippen LogP contribution in [0.15, 0.2) is 17.0 Å². The molecule has 0 amide bonds. The molecule has 5 nitrogen and oxygen atoms in total. The molecular formula is C14H22FN3O2S. The summed E-state index contributed by atoms with van der Waals surface area (Å²) in [6.45, 7) is 3.26. The second kappa shape index (κ2) is 5.90. The van der Waals surface area contributed by atoms with Crippen molar-refractivity contribution in [2.24, 2.45) is 0 Å². The summed E-state index contributed by atoms with van der Waals surface area (Å²) in [7, 11) is -0.111. The van der Waals surface area contributed by atoms with E-state index in [0.717, 1.165) is 19.4 Å². The van der Waals surface area contributed by atoms with Crippen molar-refractivity contribution < 1.29 is 12.8 Å². The molecule has 0 radical (unpaired) electrons. The molecule has 1 aromatic carbocycles. The fourth-order valence-corrected chi connectivity index (χ4v) is 4.35. The van der Waals surface area contributed by atoms with Gasteiger partial charge in [0.2, 0.25) is 10.0 Å². The van der Waals surface area contributed by atoms with Crippen molar-refractivity contribution in [2.75, 3.05) is 32.9 Å². The van der Waals surface area contributed by atoms with Gasteiger partial charge in [-0.15, -0.1) is 0 Å². The normalized spacial score (nSPS) is 20.9. The van der Waals surface area contributed by atoms with Crippen LogP contribution in [0.4, 0.5) is 10.1 Å². The molecule has 1 aromatic rings. The number of benzene rings is 1. The number of nitrogens with two attached hydrogens (primary N) is 1. The van der Waals surface area contributed by atoms with Crippen LogP contribution >= 0.6 is 0 Å². The van der Waals surface area contributed by atoms with Gasteiger partial charge in [-0.25, -0.2) is 12.8 Å². The maximum Gasteiger partial charge on any atom is 0.243 e. The van der Waals surface area contributed by atoms with Gasteiger partial charge in [-0.05, 0) is 51.1 Å². The average Bonchev–Trinajstić information content (AvgIpc) is 2.41. The largest absolute Gasteiger partial charge is 0.396 e. The van der Waals surface area contributed by atoms with E-state index >= 15 is 0 Å². The molecule has 1 aliphatic heterocycles. The minimum atomic E-state index is -3.67. The van der Waals surface area contributed by atoms with Crippen LogP contribution in [0.1, 0.15) is 18.4 Å². The van der Waals surface area contributed by atoms with E-state index in [9.17, 15) is 12.8 Å². The first-order chi connectivity index (χ1) is 9.73. The smallest absolute Gasteiger partial charge is 0.243 e. The SMILES string of the molecule is Cc1cc(F)c(N)cc1S(=O)(=O)N(C)C1CCCN(C)C1. The number of likely N-dealkylation sites (N-methyl/N-ethyl adjacent to an activating group) is 2. The highest BCUT2D eigenvalue weighted by Gasteiger charge is 2.31. The summed E-state index contributed by atoms with van der Waals surface area (Å²) in [5.41, 5.74) is 5.75. The maximum absolute atomic E-state index is 13.4. The van der Waals surface area contributed by atoms with Crippen LogP contribution in [0.3, 0.4) is 0 Å². The van der Waals surface area contributed by atoms with Gasteiger partial charge < -0.3 is 10.6 Å². The Balaban J connectivity index is 2.35. The van der Waals surface area contributed by atoms with Crippen molar-refractivity contribution in [3.8, 4) is 0 Å². The standard InChI is InChI=1S/C14H22FN3O2S/c1-10-7-12(15)13(16)8-14(10)21(19,20)18(3)11-5-4-6-17(2)9-11/h7-8,11H,4-6,9,16H2,1-3H3. The van der Waals surface area contributed by atoms with Gasteiger partial charge >= 0.3 is 0 Å². The highest BCUT2D eigenvalue weighted by molar-refractivity contribution is 7.89. The van der Waals surface area contributed by atoms with Gasteiger partial charge in [-0.2, -0.15) is 4.31 Å². The number of hydrogen-bond acceptors (Lipinski definition) is 4. The molecule has 21 heavy (non-hydrogen) atoms. The molecule has 1 aliphatic rings. The van der Waals surface area contributed by atoms with Crippen LogP contribution in [0.5, 0.6) is 0 Å². The van der Waals surface area contributed by atoms with E-state index in [2.05, 4.69) is 4.90 Å². The van der Waals surface area contributed by atoms with Crippen molar-refractivity contribution in [1.82, 2.24) is 9.21 Å². The predicted molar refractivity (Wildman–Crippen MR) is 81.0 cm³/mol. The molecule has 2 rings (SSSR count). The summed E-state index contributed by atoms with van der Waals surface area (Å²) in [5, 5.41) is 0. The van der Waals surface area contributed by atoms with Gasteiger partial charge in [0, 0.05) is 19.6 Å². The summed E-state index contributed by atoms with van der Waals surface area (Å²) >= 11 is 0. The lowest BCUT2D eigenvalue weighted by Gasteiger charge is -2.35. The molecule has 7 heteroatoms. The van der Waals surface area contributed by atoms with Gasteiger partial charge in [0.15, 0.2) is 0 Å².